The molecule has 2 heterocycles. The van der Waals surface area contributed by atoms with Gasteiger partial charge in [0.2, 0.25) is 0 Å². The van der Waals surface area contributed by atoms with Gasteiger partial charge in [-0.3, -0.25) is 4.79 Å². The van der Waals surface area contributed by atoms with Crippen LogP contribution < -0.4 is 20.5 Å². The maximum Gasteiger partial charge on any atom is 0.258 e. The number of rotatable bonds is 4. The Morgan fingerprint density at radius 1 is 1.38 bits per heavy atom. The van der Waals surface area contributed by atoms with Gasteiger partial charge in [-0.15, -0.1) is 0 Å². The Labute approximate surface area is 123 Å². The van der Waals surface area contributed by atoms with Crippen LogP contribution in [0.1, 0.15) is 24.4 Å². The van der Waals surface area contributed by atoms with E-state index in [2.05, 4.69) is 5.32 Å². The van der Waals surface area contributed by atoms with Gasteiger partial charge in [0, 0.05) is 30.9 Å². The molecule has 21 heavy (non-hydrogen) atoms. The van der Waals surface area contributed by atoms with Crippen molar-refractivity contribution in [2.24, 2.45) is 5.73 Å². The fourth-order valence-electron chi connectivity index (χ4n) is 2.57. The van der Waals surface area contributed by atoms with Crippen LogP contribution >= 0.6 is 0 Å². The second-order valence-electron chi connectivity index (χ2n) is 5.36. The van der Waals surface area contributed by atoms with Gasteiger partial charge in [-0.05, 0) is 25.0 Å². The normalized spacial score (nSPS) is 21.5. The summed E-state index contributed by atoms with van der Waals surface area (Å²) in [5.74, 6) is 1.25. The zero-order chi connectivity index (χ0) is 14.7. The molecule has 1 amide bonds. The van der Waals surface area contributed by atoms with E-state index in [0.29, 0.717) is 25.6 Å². The molecule has 114 valence electrons. The molecule has 6 nitrogen and oxygen atoms in total. The Balaban J connectivity index is 1.49. The number of nitrogens with two attached hydrogens (primary N) is 1. The maximum absolute atomic E-state index is 11.8. The zero-order valence-corrected chi connectivity index (χ0v) is 11.8. The van der Waals surface area contributed by atoms with Crippen LogP contribution in [-0.2, 0) is 9.53 Å². The SMILES string of the molecule is NC1COc2cc(OCC(=O)NC3CCOCC3)ccc21. The first-order valence-corrected chi connectivity index (χ1v) is 7.24. The minimum Gasteiger partial charge on any atom is -0.491 e. The van der Waals surface area contributed by atoms with E-state index in [0.717, 1.165) is 24.2 Å². The number of nitrogens with one attached hydrogen (secondary N) is 1. The minimum absolute atomic E-state index is 0.00218. The predicted molar refractivity (Wildman–Crippen MR) is 76.3 cm³/mol. The first-order chi connectivity index (χ1) is 10.2. The summed E-state index contributed by atoms with van der Waals surface area (Å²) in [7, 11) is 0. The molecule has 1 aromatic rings. The summed E-state index contributed by atoms with van der Waals surface area (Å²) in [5, 5.41) is 2.95. The van der Waals surface area contributed by atoms with Gasteiger partial charge in [-0.1, -0.05) is 0 Å². The van der Waals surface area contributed by atoms with Crippen molar-refractivity contribution in [2.45, 2.75) is 24.9 Å². The lowest BCUT2D eigenvalue weighted by Crippen LogP contribution is -2.41. The molecular weight excluding hydrogens is 272 g/mol. The molecule has 0 aliphatic carbocycles. The number of hydrogen-bond acceptors (Lipinski definition) is 5. The first kappa shape index (κ1) is 14.2. The molecule has 0 bridgehead atoms. The molecule has 0 saturated carbocycles. The van der Waals surface area contributed by atoms with Gasteiger partial charge in [-0.2, -0.15) is 0 Å². The number of fused-ring (bicyclic) bond motifs is 1. The van der Waals surface area contributed by atoms with Gasteiger partial charge in [0.1, 0.15) is 18.1 Å². The Morgan fingerprint density at radius 3 is 3.00 bits per heavy atom. The Hall–Kier alpha value is -1.79. The molecule has 3 N–H and O–H groups in total. The third kappa shape index (κ3) is 3.46. The molecular formula is C15H20N2O4. The summed E-state index contributed by atoms with van der Waals surface area (Å²) in [4.78, 5) is 11.8. The molecule has 1 saturated heterocycles. The average Bonchev–Trinajstić information content (AvgIpc) is 2.87. The quantitative estimate of drug-likeness (QED) is 0.856. The van der Waals surface area contributed by atoms with Crippen molar-refractivity contribution in [1.29, 1.82) is 0 Å². The molecule has 1 unspecified atom stereocenters. The van der Waals surface area contributed by atoms with Crippen LogP contribution in [0, 0.1) is 0 Å². The summed E-state index contributed by atoms with van der Waals surface area (Å²) in [5.41, 5.74) is 6.86. The van der Waals surface area contributed by atoms with Crippen molar-refractivity contribution in [3.05, 3.63) is 23.8 Å². The van der Waals surface area contributed by atoms with Gasteiger partial charge in [-0.25, -0.2) is 0 Å². The van der Waals surface area contributed by atoms with E-state index in [4.69, 9.17) is 19.9 Å². The number of ether oxygens (including phenoxy) is 3. The minimum atomic E-state index is -0.111. The molecule has 2 aliphatic rings. The van der Waals surface area contributed by atoms with E-state index in [1.807, 2.05) is 12.1 Å². The summed E-state index contributed by atoms with van der Waals surface area (Å²) < 4.78 is 16.2. The second kappa shape index (κ2) is 6.32. The van der Waals surface area contributed by atoms with Crippen LogP contribution in [0.5, 0.6) is 11.5 Å². The van der Waals surface area contributed by atoms with Crippen LogP contribution in [0.4, 0.5) is 0 Å². The third-order valence-corrected chi connectivity index (χ3v) is 3.76. The lowest BCUT2D eigenvalue weighted by atomic mass is 10.1. The molecule has 3 rings (SSSR count). The lowest BCUT2D eigenvalue weighted by Gasteiger charge is -2.23. The summed E-state index contributed by atoms with van der Waals surface area (Å²) in [6.45, 7) is 1.90. The topological polar surface area (TPSA) is 82.8 Å². The maximum atomic E-state index is 11.8. The number of carbonyl (C=O) groups excluding carboxylic acids is 1. The predicted octanol–water partition coefficient (Wildman–Crippen LogP) is 0.753. The molecule has 1 fully saturated rings. The van der Waals surface area contributed by atoms with Crippen LogP contribution in [0.2, 0.25) is 0 Å². The van der Waals surface area contributed by atoms with Gasteiger partial charge < -0.3 is 25.3 Å². The summed E-state index contributed by atoms with van der Waals surface area (Å²) in [6, 6.07) is 5.60. The lowest BCUT2D eigenvalue weighted by molar-refractivity contribution is -0.124. The van der Waals surface area contributed by atoms with Gasteiger partial charge in [0.05, 0.1) is 6.04 Å². The number of benzene rings is 1. The molecule has 1 atom stereocenters. The molecule has 0 spiro atoms. The Morgan fingerprint density at radius 2 is 2.19 bits per heavy atom. The second-order valence-corrected chi connectivity index (χ2v) is 5.36. The number of amides is 1. The van der Waals surface area contributed by atoms with E-state index in [1.165, 1.54) is 0 Å². The van der Waals surface area contributed by atoms with E-state index in [9.17, 15) is 4.79 Å². The first-order valence-electron chi connectivity index (χ1n) is 7.24. The van der Waals surface area contributed by atoms with Crippen molar-refractivity contribution >= 4 is 5.91 Å². The van der Waals surface area contributed by atoms with Gasteiger partial charge in [0.15, 0.2) is 6.61 Å². The van der Waals surface area contributed by atoms with E-state index in [1.54, 1.807) is 6.07 Å². The van der Waals surface area contributed by atoms with Crippen LogP contribution in [0.15, 0.2) is 18.2 Å². The van der Waals surface area contributed by atoms with Gasteiger partial charge >= 0.3 is 0 Å². The Bertz CT molecular complexity index is 514. The highest BCUT2D eigenvalue weighted by molar-refractivity contribution is 5.77. The highest BCUT2D eigenvalue weighted by atomic mass is 16.5. The molecule has 0 aromatic heterocycles. The summed E-state index contributed by atoms with van der Waals surface area (Å²) >= 11 is 0. The molecule has 6 heteroatoms. The van der Waals surface area contributed by atoms with Crippen LogP contribution in [-0.4, -0.2) is 38.4 Å². The highest BCUT2D eigenvalue weighted by Gasteiger charge is 2.21. The largest absolute Gasteiger partial charge is 0.491 e. The van der Waals surface area contributed by atoms with Crippen LogP contribution in [0.3, 0.4) is 0 Å². The standard InChI is InChI=1S/C15H20N2O4/c16-13-8-21-14-7-11(1-2-12(13)14)20-9-15(18)17-10-3-5-19-6-4-10/h1-2,7,10,13H,3-6,8-9,16H2,(H,17,18). The van der Waals surface area contributed by atoms with E-state index in [-0.39, 0.29) is 24.6 Å². The molecule has 1 aromatic carbocycles. The van der Waals surface area contributed by atoms with E-state index >= 15 is 0 Å². The van der Waals surface area contributed by atoms with Crippen molar-refractivity contribution < 1.29 is 19.0 Å². The fraction of sp³-hybridized carbons (Fsp3) is 0.533. The van der Waals surface area contributed by atoms with Crippen molar-refractivity contribution in [3.8, 4) is 11.5 Å². The molecule has 0 radical (unpaired) electrons. The summed E-state index contributed by atoms with van der Waals surface area (Å²) in [6.07, 6.45) is 1.71. The Kier molecular flexibility index (Phi) is 4.26. The smallest absolute Gasteiger partial charge is 0.258 e. The van der Waals surface area contributed by atoms with Gasteiger partial charge in [0.25, 0.3) is 5.91 Å². The average molecular weight is 292 g/mol. The molecule has 2 aliphatic heterocycles. The van der Waals surface area contributed by atoms with Crippen molar-refractivity contribution in [2.75, 3.05) is 26.4 Å². The van der Waals surface area contributed by atoms with E-state index < -0.39 is 0 Å². The van der Waals surface area contributed by atoms with Crippen molar-refractivity contribution in [1.82, 2.24) is 5.32 Å². The van der Waals surface area contributed by atoms with Crippen LogP contribution in [0.25, 0.3) is 0 Å². The zero-order valence-electron chi connectivity index (χ0n) is 11.8. The third-order valence-electron chi connectivity index (χ3n) is 3.76. The number of hydrogen-bond donors (Lipinski definition) is 2. The fourth-order valence-corrected chi connectivity index (χ4v) is 2.57. The highest BCUT2D eigenvalue weighted by Crippen LogP contribution is 2.33. The monoisotopic (exact) mass is 292 g/mol. The van der Waals surface area contributed by atoms with Crippen molar-refractivity contribution in [3.63, 3.8) is 0 Å². The number of carbonyl (C=O) groups is 1.